The fourth-order valence-electron chi connectivity index (χ4n) is 2.15. The van der Waals surface area contributed by atoms with Crippen LogP contribution in [0.1, 0.15) is 50.8 Å². The second-order valence-corrected chi connectivity index (χ2v) is 5.88. The van der Waals surface area contributed by atoms with Gasteiger partial charge in [0, 0.05) is 12.1 Å². The van der Waals surface area contributed by atoms with Crippen molar-refractivity contribution in [2.24, 2.45) is 0 Å². The summed E-state index contributed by atoms with van der Waals surface area (Å²) in [6, 6.07) is 5.04. The predicted octanol–water partition coefficient (Wildman–Crippen LogP) is 5.28. The topological polar surface area (TPSA) is 44.2 Å². The monoisotopic (exact) mass is 362 g/mol. The fourth-order valence-corrected chi connectivity index (χ4v) is 2.15. The van der Waals surface area contributed by atoms with E-state index in [2.05, 4.69) is 24.0 Å². The molecule has 1 aromatic heterocycles. The molecule has 0 unspecified atom stereocenters. The Morgan fingerprint density at radius 3 is 2.15 bits per heavy atom. The SMILES string of the molecule is CCCCOc1cc(/C=C/c2cc(F)cc(F)c2)nnc1OCCCC. The van der Waals surface area contributed by atoms with E-state index in [1.54, 1.807) is 18.2 Å². The van der Waals surface area contributed by atoms with Crippen molar-refractivity contribution in [1.82, 2.24) is 10.2 Å². The van der Waals surface area contributed by atoms with Gasteiger partial charge in [0.25, 0.3) is 5.88 Å². The van der Waals surface area contributed by atoms with Gasteiger partial charge in [0.05, 0.1) is 18.9 Å². The van der Waals surface area contributed by atoms with E-state index in [4.69, 9.17) is 9.47 Å². The molecule has 0 saturated carbocycles. The lowest BCUT2D eigenvalue weighted by molar-refractivity contribution is 0.250. The van der Waals surface area contributed by atoms with Crippen molar-refractivity contribution in [2.75, 3.05) is 13.2 Å². The van der Waals surface area contributed by atoms with E-state index in [-0.39, 0.29) is 0 Å². The zero-order valence-corrected chi connectivity index (χ0v) is 15.2. The number of rotatable bonds is 10. The summed E-state index contributed by atoms with van der Waals surface area (Å²) < 4.78 is 37.9. The van der Waals surface area contributed by atoms with E-state index < -0.39 is 11.6 Å². The van der Waals surface area contributed by atoms with Crippen LogP contribution in [0.4, 0.5) is 8.78 Å². The van der Waals surface area contributed by atoms with Crippen LogP contribution >= 0.6 is 0 Å². The number of benzene rings is 1. The van der Waals surface area contributed by atoms with Crippen LogP contribution in [0, 0.1) is 11.6 Å². The summed E-state index contributed by atoms with van der Waals surface area (Å²) in [6.07, 6.45) is 7.08. The van der Waals surface area contributed by atoms with Crippen LogP contribution in [0.3, 0.4) is 0 Å². The van der Waals surface area contributed by atoms with E-state index >= 15 is 0 Å². The van der Waals surface area contributed by atoms with Crippen molar-refractivity contribution in [3.8, 4) is 11.6 Å². The Hall–Kier alpha value is -2.50. The zero-order chi connectivity index (χ0) is 18.8. The van der Waals surface area contributed by atoms with Gasteiger partial charge in [-0.05, 0) is 36.6 Å². The minimum Gasteiger partial charge on any atom is -0.488 e. The van der Waals surface area contributed by atoms with Crippen molar-refractivity contribution in [1.29, 1.82) is 0 Å². The summed E-state index contributed by atoms with van der Waals surface area (Å²) in [5.41, 5.74) is 0.921. The minimum atomic E-state index is -0.626. The Bertz CT molecular complexity index is 715. The van der Waals surface area contributed by atoms with E-state index in [1.807, 2.05) is 0 Å². The molecule has 140 valence electrons. The molecule has 0 N–H and O–H groups in total. The Balaban J connectivity index is 2.16. The molecule has 6 heteroatoms. The van der Waals surface area contributed by atoms with Crippen LogP contribution in [-0.2, 0) is 0 Å². The Labute approximate surface area is 152 Å². The molecule has 0 atom stereocenters. The van der Waals surface area contributed by atoms with Crippen LogP contribution in [0.5, 0.6) is 11.6 Å². The molecule has 0 spiro atoms. The molecule has 1 aromatic carbocycles. The lowest BCUT2D eigenvalue weighted by Gasteiger charge is -2.11. The molecule has 2 aromatic rings. The summed E-state index contributed by atoms with van der Waals surface area (Å²) in [5, 5.41) is 8.16. The van der Waals surface area contributed by atoms with Gasteiger partial charge in [-0.1, -0.05) is 32.8 Å². The van der Waals surface area contributed by atoms with Crippen LogP contribution in [0.25, 0.3) is 12.2 Å². The third-order valence-electron chi connectivity index (χ3n) is 3.57. The Morgan fingerprint density at radius 2 is 1.50 bits per heavy atom. The highest BCUT2D eigenvalue weighted by molar-refractivity contribution is 5.68. The molecular weight excluding hydrogens is 338 g/mol. The quantitative estimate of drug-likeness (QED) is 0.539. The highest BCUT2D eigenvalue weighted by Gasteiger charge is 2.09. The standard InChI is InChI=1S/C20H24F2N2O2/c1-3-5-9-25-19-14-18(23-24-20(19)26-10-6-4-2)8-7-15-11-16(21)13-17(22)12-15/h7-8,11-14H,3-6,9-10H2,1-2H3/b8-7+. The van der Waals surface area contributed by atoms with Gasteiger partial charge in [-0.3, -0.25) is 0 Å². The lowest BCUT2D eigenvalue weighted by atomic mass is 10.2. The van der Waals surface area contributed by atoms with Crippen molar-refractivity contribution in [3.63, 3.8) is 0 Å². The first-order chi connectivity index (χ1) is 12.6. The molecule has 1 heterocycles. The zero-order valence-electron chi connectivity index (χ0n) is 15.2. The molecule has 0 aliphatic carbocycles. The van der Waals surface area contributed by atoms with Gasteiger partial charge in [-0.2, -0.15) is 0 Å². The Morgan fingerprint density at radius 1 is 0.846 bits per heavy atom. The molecule has 0 aliphatic heterocycles. The number of ether oxygens (including phenoxy) is 2. The fraction of sp³-hybridized carbons (Fsp3) is 0.400. The normalized spacial score (nSPS) is 11.1. The first-order valence-electron chi connectivity index (χ1n) is 8.90. The van der Waals surface area contributed by atoms with E-state index in [0.717, 1.165) is 31.7 Å². The van der Waals surface area contributed by atoms with Crippen LogP contribution < -0.4 is 9.47 Å². The molecule has 0 saturated heterocycles. The second-order valence-electron chi connectivity index (χ2n) is 5.88. The molecular formula is C20H24F2N2O2. The molecule has 26 heavy (non-hydrogen) atoms. The van der Waals surface area contributed by atoms with Crippen molar-refractivity contribution < 1.29 is 18.3 Å². The number of aromatic nitrogens is 2. The van der Waals surface area contributed by atoms with Crippen molar-refractivity contribution in [3.05, 3.63) is 47.2 Å². The maximum Gasteiger partial charge on any atom is 0.276 e. The molecule has 2 rings (SSSR count). The second kappa shape index (κ2) is 10.5. The van der Waals surface area contributed by atoms with Gasteiger partial charge < -0.3 is 9.47 Å². The summed E-state index contributed by atoms with van der Waals surface area (Å²) in [7, 11) is 0. The van der Waals surface area contributed by atoms with E-state index in [0.29, 0.717) is 36.1 Å². The third kappa shape index (κ3) is 6.43. The van der Waals surface area contributed by atoms with Gasteiger partial charge in [0.2, 0.25) is 0 Å². The maximum absolute atomic E-state index is 13.3. The van der Waals surface area contributed by atoms with Gasteiger partial charge in [0.15, 0.2) is 5.75 Å². The summed E-state index contributed by atoms with van der Waals surface area (Å²) in [5.74, 6) is -0.365. The first kappa shape index (κ1) is 19.8. The first-order valence-corrected chi connectivity index (χ1v) is 8.90. The number of hydrogen-bond donors (Lipinski definition) is 0. The van der Waals surface area contributed by atoms with Crippen molar-refractivity contribution >= 4 is 12.2 Å². The average Bonchev–Trinajstić information content (AvgIpc) is 2.61. The van der Waals surface area contributed by atoms with Gasteiger partial charge in [-0.15, -0.1) is 10.2 Å². The molecule has 4 nitrogen and oxygen atoms in total. The highest BCUT2D eigenvalue weighted by Crippen LogP contribution is 2.25. The van der Waals surface area contributed by atoms with E-state index in [9.17, 15) is 8.78 Å². The van der Waals surface area contributed by atoms with Gasteiger partial charge in [0.1, 0.15) is 11.6 Å². The van der Waals surface area contributed by atoms with Crippen LogP contribution in [-0.4, -0.2) is 23.4 Å². The summed E-state index contributed by atoms with van der Waals surface area (Å²) in [6.45, 7) is 5.27. The summed E-state index contributed by atoms with van der Waals surface area (Å²) in [4.78, 5) is 0. The largest absolute Gasteiger partial charge is 0.488 e. The highest BCUT2D eigenvalue weighted by atomic mass is 19.1. The molecule has 0 radical (unpaired) electrons. The number of hydrogen-bond acceptors (Lipinski definition) is 4. The third-order valence-corrected chi connectivity index (χ3v) is 3.57. The Kier molecular flexibility index (Phi) is 7.99. The van der Waals surface area contributed by atoms with E-state index in [1.165, 1.54) is 12.1 Å². The minimum absolute atomic E-state index is 0.364. The molecule has 0 fully saturated rings. The average molecular weight is 362 g/mol. The van der Waals surface area contributed by atoms with Crippen molar-refractivity contribution in [2.45, 2.75) is 39.5 Å². The number of unbranched alkanes of at least 4 members (excludes halogenated alkanes) is 2. The molecule has 0 bridgehead atoms. The smallest absolute Gasteiger partial charge is 0.276 e. The number of nitrogens with zero attached hydrogens (tertiary/aromatic N) is 2. The van der Waals surface area contributed by atoms with Gasteiger partial charge >= 0.3 is 0 Å². The summed E-state index contributed by atoms with van der Waals surface area (Å²) >= 11 is 0. The van der Waals surface area contributed by atoms with Crippen LogP contribution in [0.2, 0.25) is 0 Å². The maximum atomic E-state index is 13.3. The molecule has 0 amide bonds. The number of halogens is 2. The van der Waals surface area contributed by atoms with Gasteiger partial charge in [-0.25, -0.2) is 8.78 Å². The molecule has 0 aliphatic rings. The van der Waals surface area contributed by atoms with Crippen LogP contribution in [0.15, 0.2) is 24.3 Å². The lowest BCUT2D eigenvalue weighted by Crippen LogP contribution is -2.05. The predicted molar refractivity (Wildman–Crippen MR) is 98.1 cm³/mol.